The molecular formula is C4H7F3N2O2S. The number of alkyl halides is 3. The number of hydrogen-bond donors (Lipinski definition) is 0. The minimum atomic E-state index is -5.37. The van der Waals surface area contributed by atoms with Crippen molar-refractivity contribution in [2.45, 2.75) is 5.51 Å². The third kappa shape index (κ3) is 3.07. The van der Waals surface area contributed by atoms with Gasteiger partial charge in [-0.3, -0.25) is 0 Å². The van der Waals surface area contributed by atoms with Gasteiger partial charge >= 0.3 is 15.5 Å². The van der Waals surface area contributed by atoms with Crippen LogP contribution < -0.4 is 0 Å². The molecule has 0 aromatic carbocycles. The Kier molecular flexibility index (Phi) is 3.08. The summed E-state index contributed by atoms with van der Waals surface area (Å²) in [6.45, 7) is 0. The summed E-state index contributed by atoms with van der Waals surface area (Å²) in [5, 5.41) is 0. The molecule has 0 aliphatic rings. The van der Waals surface area contributed by atoms with E-state index in [1.807, 2.05) is 0 Å². The maximum atomic E-state index is 11.6. The molecule has 0 aliphatic carbocycles. The largest absolute Gasteiger partial charge is 0.518 e. The fraction of sp³-hybridized carbons (Fsp3) is 0.750. The summed E-state index contributed by atoms with van der Waals surface area (Å²) in [4.78, 5) is 1.09. The van der Waals surface area contributed by atoms with Crippen LogP contribution >= 0.6 is 0 Å². The summed E-state index contributed by atoms with van der Waals surface area (Å²) in [7, 11) is -2.65. The first-order chi connectivity index (χ1) is 5.17. The quantitative estimate of drug-likeness (QED) is 0.484. The first-order valence-electron chi connectivity index (χ1n) is 2.70. The van der Waals surface area contributed by atoms with Crippen molar-refractivity contribution in [3.05, 3.63) is 0 Å². The molecule has 0 spiro atoms. The lowest BCUT2D eigenvalue weighted by Crippen LogP contribution is -2.22. The van der Waals surface area contributed by atoms with Gasteiger partial charge in [-0.05, 0) is 0 Å². The van der Waals surface area contributed by atoms with E-state index in [1.165, 1.54) is 14.1 Å². The minimum Gasteiger partial charge on any atom is -0.368 e. The van der Waals surface area contributed by atoms with Gasteiger partial charge in [0.25, 0.3) is 0 Å². The van der Waals surface area contributed by atoms with Gasteiger partial charge in [0, 0.05) is 14.1 Å². The van der Waals surface area contributed by atoms with Gasteiger partial charge in [0.1, 0.15) is 6.34 Å². The Hall–Kier alpha value is -0.790. The van der Waals surface area contributed by atoms with Crippen LogP contribution in [0.5, 0.6) is 0 Å². The van der Waals surface area contributed by atoms with E-state index in [0.717, 1.165) is 4.90 Å². The van der Waals surface area contributed by atoms with Gasteiger partial charge in [-0.25, -0.2) is 0 Å². The number of sulfonamides is 1. The third-order valence-electron chi connectivity index (χ3n) is 0.709. The lowest BCUT2D eigenvalue weighted by Gasteiger charge is -2.04. The van der Waals surface area contributed by atoms with Crippen LogP contribution in [0.1, 0.15) is 0 Å². The van der Waals surface area contributed by atoms with Crippen molar-refractivity contribution in [3.63, 3.8) is 0 Å². The van der Waals surface area contributed by atoms with Crippen molar-refractivity contribution in [1.82, 2.24) is 4.90 Å². The van der Waals surface area contributed by atoms with Crippen molar-refractivity contribution >= 4 is 16.4 Å². The van der Waals surface area contributed by atoms with E-state index >= 15 is 0 Å². The van der Waals surface area contributed by atoms with Gasteiger partial charge in [0.05, 0.1) is 0 Å². The average molecular weight is 204 g/mol. The predicted molar refractivity (Wildman–Crippen MR) is 37.2 cm³/mol. The summed E-state index contributed by atoms with van der Waals surface area (Å²) >= 11 is 0. The molecule has 72 valence electrons. The van der Waals surface area contributed by atoms with E-state index in [1.54, 1.807) is 0 Å². The molecule has 0 saturated heterocycles. The minimum absolute atomic E-state index is 0.572. The highest BCUT2D eigenvalue weighted by molar-refractivity contribution is 7.91. The average Bonchev–Trinajstić information content (AvgIpc) is 1.81. The van der Waals surface area contributed by atoms with Crippen LogP contribution in [-0.4, -0.2) is 39.3 Å². The van der Waals surface area contributed by atoms with E-state index in [9.17, 15) is 21.6 Å². The lowest BCUT2D eigenvalue weighted by atomic mass is 11.0. The summed E-state index contributed by atoms with van der Waals surface area (Å²) in [6.07, 6.45) is 0.572. The number of rotatable bonds is 2. The maximum absolute atomic E-state index is 11.6. The van der Waals surface area contributed by atoms with Crippen molar-refractivity contribution in [3.8, 4) is 0 Å². The predicted octanol–water partition coefficient (Wildman–Crippen LogP) is 0.426. The molecule has 4 nitrogen and oxygen atoms in total. The molecule has 0 radical (unpaired) electrons. The van der Waals surface area contributed by atoms with Gasteiger partial charge in [0.2, 0.25) is 0 Å². The van der Waals surface area contributed by atoms with Crippen molar-refractivity contribution in [1.29, 1.82) is 0 Å². The number of halogens is 3. The Balaban J connectivity index is 4.69. The summed E-state index contributed by atoms with van der Waals surface area (Å²) < 4.78 is 57.5. The smallest absolute Gasteiger partial charge is 0.368 e. The molecule has 0 fully saturated rings. The topological polar surface area (TPSA) is 49.7 Å². The summed E-state index contributed by atoms with van der Waals surface area (Å²) in [6, 6.07) is 0. The third-order valence-corrected chi connectivity index (χ3v) is 1.67. The van der Waals surface area contributed by atoms with E-state index in [-0.39, 0.29) is 0 Å². The van der Waals surface area contributed by atoms with Gasteiger partial charge in [-0.15, -0.1) is 4.40 Å². The van der Waals surface area contributed by atoms with Gasteiger partial charge < -0.3 is 4.90 Å². The Labute approximate surface area is 67.7 Å². The summed E-state index contributed by atoms with van der Waals surface area (Å²) in [5.74, 6) is 0. The Bertz CT molecular complexity index is 267. The second-order valence-electron chi connectivity index (χ2n) is 2.11. The zero-order valence-corrected chi connectivity index (χ0v) is 7.15. The van der Waals surface area contributed by atoms with E-state index < -0.39 is 15.5 Å². The molecular weight excluding hydrogens is 197 g/mol. The molecule has 0 rings (SSSR count). The molecule has 0 unspecified atom stereocenters. The molecule has 8 heteroatoms. The van der Waals surface area contributed by atoms with Crippen molar-refractivity contribution in [2.24, 2.45) is 4.40 Å². The summed E-state index contributed by atoms with van der Waals surface area (Å²) in [5.41, 5.74) is -5.32. The second kappa shape index (κ2) is 3.30. The Morgan fingerprint density at radius 3 is 2.00 bits per heavy atom. The monoisotopic (exact) mass is 204 g/mol. The van der Waals surface area contributed by atoms with Crippen LogP contribution in [0, 0.1) is 0 Å². The molecule has 0 N–H and O–H groups in total. The molecule has 0 atom stereocenters. The molecule has 0 bridgehead atoms. The maximum Gasteiger partial charge on any atom is 0.518 e. The number of hydrogen-bond acceptors (Lipinski definition) is 2. The molecule has 0 amide bonds. The highest BCUT2D eigenvalue weighted by Crippen LogP contribution is 2.24. The Morgan fingerprint density at radius 2 is 1.75 bits per heavy atom. The van der Waals surface area contributed by atoms with Gasteiger partial charge in [-0.2, -0.15) is 21.6 Å². The van der Waals surface area contributed by atoms with Crippen molar-refractivity contribution < 1.29 is 21.6 Å². The van der Waals surface area contributed by atoms with Crippen LogP contribution in [-0.2, 0) is 10.0 Å². The molecule has 12 heavy (non-hydrogen) atoms. The zero-order valence-electron chi connectivity index (χ0n) is 6.33. The van der Waals surface area contributed by atoms with Gasteiger partial charge in [0.15, 0.2) is 0 Å². The molecule has 0 aliphatic heterocycles. The molecule has 0 aromatic rings. The zero-order chi connectivity index (χ0) is 9.99. The Morgan fingerprint density at radius 1 is 1.33 bits per heavy atom. The highest BCUT2D eigenvalue weighted by atomic mass is 32.2. The van der Waals surface area contributed by atoms with Crippen LogP contribution in [0.2, 0.25) is 0 Å². The molecule has 0 saturated carbocycles. The van der Waals surface area contributed by atoms with E-state index in [0.29, 0.717) is 6.34 Å². The van der Waals surface area contributed by atoms with Gasteiger partial charge in [-0.1, -0.05) is 0 Å². The second-order valence-corrected chi connectivity index (χ2v) is 3.73. The molecule has 0 aromatic heterocycles. The van der Waals surface area contributed by atoms with Crippen LogP contribution in [0.3, 0.4) is 0 Å². The number of nitrogens with zero attached hydrogens (tertiary/aromatic N) is 2. The normalized spacial score (nSPS) is 13.8. The fourth-order valence-electron chi connectivity index (χ4n) is 0.216. The van der Waals surface area contributed by atoms with E-state index in [4.69, 9.17) is 0 Å². The molecule has 0 heterocycles. The fourth-order valence-corrected chi connectivity index (χ4v) is 0.648. The first kappa shape index (κ1) is 11.2. The van der Waals surface area contributed by atoms with Crippen LogP contribution in [0.15, 0.2) is 4.40 Å². The highest BCUT2D eigenvalue weighted by Gasteiger charge is 2.45. The standard InChI is InChI=1S/C4H7F3N2O2S/c1-9(2)3-8-12(10,11)4(5,6)7/h3H,1-2H3/b8-3+. The first-order valence-corrected chi connectivity index (χ1v) is 4.14. The van der Waals surface area contributed by atoms with Crippen molar-refractivity contribution in [2.75, 3.05) is 14.1 Å². The lowest BCUT2D eigenvalue weighted by molar-refractivity contribution is -0.0435. The van der Waals surface area contributed by atoms with Crippen LogP contribution in [0.25, 0.3) is 0 Å². The van der Waals surface area contributed by atoms with Crippen LogP contribution in [0.4, 0.5) is 13.2 Å². The SMILES string of the molecule is CN(C)/C=N/S(=O)(=O)C(F)(F)F. The van der Waals surface area contributed by atoms with E-state index in [2.05, 4.69) is 4.40 Å².